The van der Waals surface area contributed by atoms with Gasteiger partial charge in [0.25, 0.3) is 0 Å². The van der Waals surface area contributed by atoms with E-state index in [2.05, 4.69) is 46.0 Å². The number of benzene rings is 1. The number of rotatable bonds is 4. The molecule has 0 radical (unpaired) electrons. The summed E-state index contributed by atoms with van der Waals surface area (Å²) in [5.41, 5.74) is 7.25. The number of hydrogen-bond acceptors (Lipinski definition) is 4. The van der Waals surface area contributed by atoms with Crippen LogP contribution in [0.25, 0.3) is 0 Å². The lowest BCUT2D eigenvalue weighted by Gasteiger charge is -2.10. The fourth-order valence-electron chi connectivity index (χ4n) is 2.66. The lowest BCUT2D eigenvalue weighted by molar-refractivity contribution is 0.591. The van der Waals surface area contributed by atoms with E-state index in [1.807, 2.05) is 0 Å². The second kappa shape index (κ2) is 6.62. The molecule has 1 aromatic carbocycles. The first-order chi connectivity index (χ1) is 10.3. The summed E-state index contributed by atoms with van der Waals surface area (Å²) < 4.78 is 2.28. The van der Waals surface area contributed by atoms with Crippen LogP contribution in [0.15, 0.2) is 34.3 Å². The number of aryl methyl sites for hydroxylation is 1. The van der Waals surface area contributed by atoms with E-state index < -0.39 is 0 Å². The van der Waals surface area contributed by atoms with Crippen molar-refractivity contribution in [3.05, 3.63) is 35.7 Å². The van der Waals surface area contributed by atoms with Gasteiger partial charge in [-0.3, -0.25) is 0 Å². The van der Waals surface area contributed by atoms with Gasteiger partial charge < -0.3 is 10.3 Å². The van der Waals surface area contributed by atoms with Crippen LogP contribution in [0.5, 0.6) is 0 Å². The van der Waals surface area contributed by atoms with Crippen molar-refractivity contribution < 1.29 is 0 Å². The minimum atomic E-state index is 0.133. The quantitative estimate of drug-likeness (QED) is 0.938. The monoisotopic (exact) mass is 302 g/mol. The second-order valence-corrected chi connectivity index (χ2v) is 6.59. The number of hydrogen-bond donors (Lipinski definition) is 1. The van der Waals surface area contributed by atoms with E-state index in [0.717, 1.165) is 30.4 Å². The number of fused-ring (bicyclic) bond motifs is 1. The third kappa shape index (κ3) is 3.30. The Labute approximate surface area is 130 Å². The maximum Gasteiger partial charge on any atom is 0.196 e. The van der Waals surface area contributed by atoms with E-state index in [-0.39, 0.29) is 6.04 Å². The molecule has 5 heteroatoms. The van der Waals surface area contributed by atoms with Gasteiger partial charge in [0.05, 0.1) is 0 Å². The van der Waals surface area contributed by atoms with Gasteiger partial charge in [0, 0.05) is 23.9 Å². The molecule has 1 aliphatic heterocycles. The third-order valence-electron chi connectivity index (χ3n) is 4.03. The Morgan fingerprint density at radius 2 is 2.00 bits per heavy atom. The minimum Gasteiger partial charge on any atom is -0.324 e. The fraction of sp³-hybridized carbons (Fsp3) is 0.500. The fourth-order valence-corrected chi connectivity index (χ4v) is 3.53. The summed E-state index contributed by atoms with van der Waals surface area (Å²) in [5, 5.41) is 9.72. The van der Waals surface area contributed by atoms with E-state index in [1.54, 1.807) is 11.8 Å². The van der Waals surface area contributed by atoms with Crippen molar-refractivity contribution in [2.24, 2.45) is 5.73 Å². The van der Waals surface area contributed by atoms with Gasteiger partial charge in [-0.05, 0) is 48.7 Å². The molecule has 3 rings (SSSR count). The molecule has 1 unspecified atom stereocenters. The Hall–Kier alpha value is -1.33. The van der Waals surface area contributed by atoms with Crippen molar-refractivity contribution in [1.29, 1.82) is 0 Å². The Kier molecular flexibility index (Phi) is 4.60. The molecule has 0 aliphatic carbocycles. The average Bonchev–Trinajstić information content (AvgIpc) is 2.75. The predicted octanol–water partition coefficient (Wildman–Crippen LogP) is 3.57. The summed E-state index contributed by atoms with van der Waals surface area (Å²) >= 11 is 1.69. The van der Waals surface area contributed by atoms with Gasteiger partial charge in [-0.1, -0.05) is 25.5 Å². The van der Waals surface area contributed by atoms with Crippen molar-refractivity contribution in [2.75, 3.05) is 0 Å². The third-order valence-corrected chi connectivity index (χ3v) is 5.03. The lowest BCUT2D eigenvalue weighted by Crippen LogP contribution is -2.08. The van der Waals surface area contributed by atoms with E-state index in [4.69, 9.17) is 5.73 Å². The molecule has 0 fully saturated rings. The summed E-state index contributed by atoms with van der Waals surface area (Å²) in [6, 6.07) is 8.64. The van der Waals surface area contributed by atoms with Crippen molar-refractivity contribution in [2.45, 2.75) is 61.7 Å². The first-order valence-electron chi connectivity index (χ1n) is 7.73. The van der Waals surface area contributed by atoms with Crippen LogP contribution >= 0.6 is 11.8 Å². The highest BCUT2D eigenvalue weighted by atomic mass is 32.2. The highest BCUT2D eigenvalue weighted by Crippen LogP contribution is 2.29. The van der Waals surface area contributed by atoms with Gasteiger partial charge in [-0.15, -0.1) is 10.2 Å². The van der Waals surface area contributed by atoms with Gasteiger partial charge in [-0.25, -0.2) is 0 Å². The minimum absolute atomic E-state index is 0.133. The highest BCUT2D eigenvalue weighted by Gasteiger charge is 2.15. The van der Waals surface area contributed by atoms with Crippen LogP contribution in [-0.4, -0.2) is 14.8 Å². The molecular weight excluding hydrogens is 280 g/mol. The first kappa shape index (κ1) is 14.6. The summed E-state index contributed by atoms with van der Waals surface area (Å²) in [6.07, 6.45) is 5.76. The van der Waals surface area contributed by atoms with Crippen LogP contribution in [0.4, 0.5) is 0 Å². The molecule has 2 aromatic rings. The molecule has 0 saturated heterocycles. The van der Waals surface area contributed by atoms with Crippen LogP contribution in [0.1, 0.15) is 50.0 Å². The molecule has 1 aromatic heterocycles. The van der Waals surface area contributed by atoms with E-state index in [0.29, 0.717) is 0 Å². The SMILES string of the molecule is CCC(N)c1ccc(Sc2nnc3n2CCCCC3)cc1. The highest BCUT2D eigenvalue weighted by molar-refractivity contribution is 7.99. The number of nitrogens with two attached hydrogens (primary N) is 1. The normalized spacial score (nSPS) is 16.3. The molecule has 112 valence electrons. The molecule has 4 nitrogen and oxygen atoms in total. The van der Waals surface area contributed by atoms with Crippen molar-refractivity contribution >= 4 is 11.8 Å². The van der Waals surface area contributed by atoms with Gasteiger partial charge >= 0.3 is 0 Å². The number of aromatic nitrogens is 3. The van der Waals surface area contributed by atoms with E-state index >= 15 is 0 Å². The molecular formula is C16H22N4S. The summed E-state index contributed by atoms with van der Waals surface area (Å²) in [7, 11) is 0. The molecule has 1 aliphatic rings. The second-order valence-electron chi connectivity index (χ2n) is 5.55. The first-order valence-corrected chi connectivity index (χ1v) is 8.55. The van der Waals surface area contributed by atoms with Crippen molar-refractivity contribution in [1.82, 2.24) is 14.8 Å². The lowest BCUT2D eigenvalue weighted by atomic mass is 10.1. The largest absolute Gasteiger partial charge is 0.324 e. The molecule has 2 N–H and O–H groups in total. The van der Waals surface area contributed by atoms with Crippen LogP contribution in [-0.2, 0) is 13.0 Å². The smallest absolute Gasteiger partial charge is 0.196 e. The van der Waals surface area contributed by atoms with Crippen LogP contribution in [0, 0.1) is 0 Å². The average molecular weight is 302 g/mol. The van der Waals surface area contributed by atoms with Gasteiger partial charge in [-0.2, -0.15) is 0 Å². The Morgan fingerprint density at radius 1 is 1.19 bits per heavy atom. The Balaban J connectivity index is 1.76. The van der Waals surface area contributed by atoms with Crippen LogP contribution in [0.3, 0.4) is 0 Å². The standard InChI is InChI=1S/C16H22N4S/c1-2-14(17)12-7-9-13(10-8-12)21-16-19-18-15-6-4-3-5-11-20(15)16/h7-10,14H,2-6,11,17H2,1H3. The maximum atomic E-state index is 6.06. The Bertz CT molecular complexity index is 591. The molecule has 2 heterocycles. The number of nitrogens with zero attached hydrogens (tertiary/aromatic N) is 3. The zero-order chi connectivity index (χ0) is 14.7. The van der Waals surface area contributed by atoms with Crippen LogP contribution in [0.2, 0.25) is 0 Å². The van der Waals surface area contributed by atoms with Gasteiger partial charge in [0.1, 0.15) is 5.82 Å². The zero-order valence-corrected chi connectivity index (χ0v) is 13.3. The molecule has 0 amide bonds. The topological polar surface area (TPSA) is 56.7 Å². The molecule has 0 spiro atoms. The predicted molar refractivity (Wildman–Crippen MR) is 85.4 cm³/mol. The van der Waals surface area contributed by atoms with Gasteiger partial charge in [0.2, 0.25) is 0 Å². The molecule has 0 saturated carbocycles. The van der Waals surface area contributed by atoms with Crippen LogP contribution < -0.4 is 5.73 Å². The zero-order valence-electron chi connectivity index (χ0n) is 12.5. The molecule has 21 heavy (non-hydrogen) atoms. The van der Waals surface area contributed by atoms with E-state index in [9.17, 15) is 0 Å². The molecule has 0 bridgehead atoms. The van der Waals surface area contributed by atoms with Crippen molar-refractivity contribution in [3.8, 4) is 0 Å². The Morgan fingerprint density at radius 3 is 2.76 bits per heavy atom. The van der Waals surface area contributed by atoms with Gasteiger partial charge in [0.15, 0.2) is 5.16 Å². The van der Waals surface area contributed by atoms with Crippen molar-refractivity contribution in [3.63, 3.8) is 0 Å². The molecule has 1 atom stereocenters. The summed E-state index contributed by atoms with van der Waals surface area (Å²) in [4.78, 5) is 1.20. The van der Waals surface area contributed by atoms with E-state index in [1.165, 1.54) is 29.7 Å². The summed E-state index contributed by atoms with van der Waals surface area (Å²) in [5.74, 6) is 1.14. The maximum absolute atomic E-state index is 6.06. The summed E-state index contributed by atoms with van der Waals surface area (Å²) in [6.45, 7) is 3.16.